The molecule has 1 aliphatic carbocycles. The van der Waals surface area contributed by atoms with Gasteiger partial charge in [0.05, 0.1) is 5.75 Å². The van der Waals surface area contributed by atoms with Gasteiger partial charge < -0.3 is 10.3 Å². The molecule has 2 heterocycles. The van der Waals surface area contributed by atoms with Gasteiger partial charge in [-0.3, -0.25) is 0 Å². The van der Waals surface area contributed by atoms with Crippen LogP contribution in [0, 0.1) is 15.6 Å². The summed E-state index contributed by atoms with van der Waals surface area (Å²) in [6, 6.07) is 4.41. The second-order valence-corrected chi connectivity index (χ2v) is 11.6. The average molecular weight is 572 g/mol. The number of nitrogens with zero attached hydrogens (tertiary/aromatic N) is 4. The van der Waals surface area contributed by atoms with Gasteiger partial charge in [-0.2, -0.15) is 14.4 Å². The normalized spacial score (nSPS) is 13.9. The van der Waals surface area contributed by atoms with Crippen molar-refractivity contribution in [2.45, 2.75) is 46.1 Å². The molecule has 3 N–H and O–H groups in total. The first-order valence-corrected chi connectivity index (χ1v) is 13.3. The first kappa shape index (κ1) is 23.3. The van der Waals surface area contributed by atoms with Crippen molar-refractivity contribution in [3.63, 3.8) is 0 Å². The Bertz CT molecular complexity index is 1280. The molecule has 0 unspecified atom stereocenters. The van der Waals surface area contributed by atoms with Crippen molar-refractivity contribution < 1.29 is 12.8 Å². The predicted molar refractivity (Wildman–Crippen MR) is 130 cm³/mol. The van der Waals surface area contributed by atoms with Gasteiger partial charge in [-0.25, -0.2) is 18.1 Å². The van der Waals surface area contributed by atoms with E-state index in [1.165, 1.54) is 11.1 Å². The molecule has 172 valence electrons. The minimum atomic E-state index is -3.52. The van der Waals surface area contributed by atoms with Crippen molar-refractivity contribution in [2.75, 3.05) is 18.0 Å². The minimum Gasteiger partial charge on any atom is -0.382 e. The summed E-state index contributed by atoms with van der Waals surface area (Å²) in [5, 5.41) is 0. The number of halogens is 2. The summed E-state index contributed by atoms with van der Waals surface area (Å²) >= 11 is 2.32. The van der Waals surface area contributed by atoms with E-state index in [1.807, 2.05) is 13.8 Å². The molecule has 0 fully saturated rings. The van der Waals surface area contributed by atoms with E-state index in [0.29, 0.717) is 18.8 Å². The third-order valence-electron chi connectivity index (χ3n) is 5.58. The van der Waals surface area contributed by atoms with Gasteiger partial charge in [-0.05, 0) is 70.5 Å². The summed E-state index contributed by atoms with van der Waals surface area (Å²) in [5.41, 5.74) is 10.2. The van der Waals surface area contributed by atoms with Gasteiger partial charge in [0.15, 0.2) is 17.0 Å². The van der Waals surface area contributed by atoms with Crippen LogP contribution in [-0.4, -0.2) is 40.2 Å². The predicted octanol–water partition coefficient (Wildman–Crippen LogP) is 2.81. The fourth-order valence-corrected chi connectivity index (χ4v) is 5.81. The lowest BCUT2D eigenvalue weighted by molar-refractivity contribution is 0.541. The van der Waals surface area contributed by atoms with Crippen LogP contribution in [0.1, 0.15) is 42.8 Å². The number of nitrogens with two attached hydrogens (primary N) is 1. The maximum atomic E-state index is 13.9. The number of aryl methyl sites for hydroxylation is 3. The third-order valence-corrected chi connectivity index (χ3v) is 7.91. The standard InChI is InChI=1S/C21H26FIN6O2S/c1-12(2)11-25-32(30,31)7-6-29-17(26-18-19(24)27-21(22)28-20(18)29)10-15-8-13-4-3-5-14(13)9-16(15)23/h8-9,12,25H,3-7,10-11H2,1-2H3,(H2,24,27,28). The molecule has 3 aromatic rings. The Morgan fingerprint density at radius 1 is 1.22 bits per heavy atom. The Hall–Kier alpha value is -1.86. The molecular formula is C21H26FIN6O2S. The molecular weight excluding hydrogens is 546 g/mol. The molecule has 1 aliphatic rings. The Morgan fingerprint density at radius 3 is 2.66 bits per heavy atom. The summed E-state index contributed by atoms with van der Waals surface area (Å²) in [5.74, 6) is 0.543. The maximum absolute atomic E-state index is 13.9. The molecule has 0 aliphatic heterocycles. The monoisotopic (exact) mass is 572 g/mol. The lowest BCUT2D eigenvalue weighted by atomic mass is 10.0. The van der Waals surface area contributed by atoms with E-state index in [1.54, 1.807) is 4.57 Å². The molecule has 0 radical (unpaired) electrons. The maximum Gasteiger partial charge on any atom is 0.312 e. The third kappa shape index (κ3) is 5.04. The van der Waals surface area contributed by atoms with Crippen molar-refractivity contribution in [3.05, 3.63) is 44.3 Å². The zero-order chi connectivity index (χ0) is 23.0. The number of hydrogen-bond donors (Lipinski definition) is 2. The highest BCUT2D eigenvalue weighted by molar-refractivity contribution is 14.1. The molecule has 2 aromatic heterocycles. The van der Waals surface area contributed by atoms with Crippen LogP contribution in [0.3, 0.4) is 0 Å². The highest BCUT2D eigenvalue weighted by Gasteiger charge is 2.21. The van der Waals surface area contributed by atoms with Gasteiger partial charge in [0.25, 0.3) is 0 Å². The summed E-state index contributed by atoms with van der Waals surface area (Å²) in [6.45, 7) is 4.31. The van der Waals surface area contributed by atoms with Crippen LogP contribution in [-0.2, 0) is 35.8 Å². The van der Waals surface area contributed by atoms with Crippen LogP contribution in [0.2, 0.25) is 0 Å². The molecule has 1 aromatic carbocycles. The number of anilines is 1. The first-order valence-electron chi connectivity index (χ1n) is 10.6. The van der Waals surface area contributed by atoms with Crippen molar-refractivity contribution in [1.82, 2.24) is 24.2 Å². The smallest absolute Gasteiger partial charge is 0.312 e. The topological polar surface area (TPSA) is 116 Å². The van der Waals surface area contributed by atoms with Gasteiger partial charge in [0.1, 0.15) is 5.82 Å². The Morgan fingerprint density at radius 2 is 1.94 bits per heavy atom. The molecule has 32 heavy (non-hydrogen) atoms. The molecule has 0 bridgehead atoms. The number of sulfonamides is 1. The van der Waals surface area contributed by atoms with Crippen LogP contribution >= 0.6 is 22.6 Å². The first-order chi connectivity index (χ1) is 15.1. The van der Waals surface area contributed by atoms with E-state index < -0.39 is 16.1 Å². The van der Waals surface area contributed by atoms with Crippen molar-refractivity contribution in [3.8, 4) is 0 Å². The fraction of sp³-hybridized carbons (Fsp3) is 0.476. The van der Waals surface area contributed by atoms with Gasteiger partial charge in [0.2, 0.25) is 10.0 Å². The highest BCUT2D eigenvalue weighted by atomic mass is 127. The second-order valence-electron chi connectivity index (χ2n) is 8.53. The molecule has 11 heteroatoms. The molecule has 0 saturated heterocycles. The van der Waals surface area contributed by atoms with E-state index in [4.69, 9.17) is 5.73 Å². The van der Waals surface area contributed by atoms with Crippen LogP contribution in [0.15, 0.2) is 12.1 Å². The summed E-state index contributed by atoms with van der Waals surface area (Å²) < 4.78 is 44.3. The number of nitrogen functional groups attached to an aromatic ring is 1. The number of benzene rings is 1. The van der Waals surface area contributed by atoms with E-state index >= 15 is 0 Å². The van der Waals surface area contributed by atoms with Gasteiger partial charge >= 0.3 is 6.08 Å². The van der Waals surface area contributed by atoms with Crippen molar-refractivity contribution >= 4 is 49.6 Å². The average Bonchev–Trinajstić information content (AvgIpc) is 3.29. The second kappa shape index (κ2) is 9.18. The lowest BCUT2D eigenvalue weighted by Gasteiger charge is -2.13. The van der Waals surface area contributed by atoms with Crippen LogP contribution in [0.25, 0.3) is 11.2 Å². The Balaban J connectivity index is 1.70. The van der Waals surface area contributed by atoms with Gasteiger partial charge in [-0.1, -0.05) is 19.9 Å². The van der Waals surface area contributed by atoms with Gasteiger partial charge in [0, 0.05) is 23.1 Å². The van der Waals surface area contributed by atoms with Crippen LogP contribution < -0.4 is 10.5 Å². The quantitative estimate of drug-likeness (QED) is 0.317. The molecule has 4 rings (SSSR count). The van der Waals surface area contributed by atoms with Crippen molar-refractivity contribution in [1.29, 1.82) is 0 Å². The molecule has 0 spiro atoms. The highest BCUT2D eigenvalue weighted by Crippen LogP contribution is 2.29. The zero-order valence-electron chi connectivity index (χ0n) is 18.0. The summed E-state index contributed by atoms with van der Waals surface area (Å²) in [6.07, 6.45) is 2.80. The number of imidazole rings is 1. The number of nitrogens with one attached hydrogen (secondary N) is 1. The van der Waals surface area contributed by atoms with E-state index in [9.17, 15) is 12.8 Å². The van der Waals surface area contributed by atoms with Crippen LogP contribution in [0.4, 0.5) is 10.2 Å². The Kier molecular flexibility index (Phi) is 6.68. The molecule has 0 amide bonds. The van der Waals surface area contributed by atoms with E-state index in [2.05, 4.69) is 54.4 Å². The largest absolute Gasteiger partial charge is 0.382 e. The number of rotatable bonds is 8. The SMILES string of the molecule is CC(C)CNS(=O)(=O)CCn1c(Cc2cc3c(cc2I)CCC3)nc2c(N)nc(F)nc21. The summed E-state index contributed by atoms with van der Waals surface area (Å²) in [4.78, 5) is 12.0. The number of aromatic nitrogens is 4. The zero-order valence-corrected chi connectivity index (χ0v) is 21.0. The minimum absolute atomic E-state index is 0.0584. The number of fused-ring (bicyclic) bond motifs is 2. The number of hydrogen-bond acceptors (Lipinski definition) is 6. The molecule has 0 atom stereocenters. The summed E-state index contributed by atoms with van der Waals surface area (Å²) in [7, 11) is -3.52. The van der Waals surface area contributed by atoms with E-state index in [0.717, 1.165) is 28.4 Å². The lowest BCUT2D eigenvalue weighted by Crippen LogP contribution is -2.31. The molecule has 0 saturated carbocycles. The van der Waals surface area contributed by atoms with Crippen LogP contribution in [0.5, 0.6) is 0 Å². The van der Waals surface area contributed by atoms with Gasteiger partial charge in [-0.15, -0.1) is 0 Å². The van der Waals surface area contributed by atoms with Crippen molar-refractivity contribution in [2.24, 2.45) is 5.92 Å². The van der Waals surface area contributed by atoms with E-state index in [-0.39, 0.29) is 35.2 Å². The fourth-order valence-electron chi connectivity index (χ4n) is 3.94. The molecule has 8 nitrogen and oxygen atoms in total. The Labute approximate surface area is 200 Å².